The Hall–Kier alpha value is -3.91. The number of hydrogen-bond donors (Lipinski definition) is 0. The van der Waals surface area contributed by atoms with Crippen molar-refractivity contribution >= 4 is 22.8 Å². The van der Waals surface area contributed by atoms with E-state index in [9.17, 15) is 8.78 Å². The van der Waals surface area contributed by atoms with E-state index in [1.54, 1.807) is 32.2 Å². The first kappa shape index (κ1) is 24.4. The van der Waals surface area contributed by atoms with Gasteiger partial charge in [0.15, 0.2) is 11.6 Å². The summed E-state index contributed by atoms with van der Waals surface area (Å²) in [6.07, 6.45) is 5.53. The predicted octanol–water partition coefficient (Wildman–Crippen LogP) is 7.86. The number of aryl methyl sites for hydroxylation is 1. The van der Waals surface area contributed by atoms with Crippen LogP contribution < -0.4 is 9.47 Å². The lowest BCUT2D eigenvalue weighted by Crippen LogP contribution is -1.98. The molecule has 3 aromatic carbocycles. The molecule has 5 aromatic rings. The van der Waals surface area contributed by atoms with Crippen LogP contribution >= 0.6 is 11.8 Å². The zero-order valence-corrected chi connectivity index (χ0v) is 22.0. The van der Waals surface area contributed by atoms with E-state index in [0.717, 1.165) is 44.9 Å². The van der Waals surface area contributed by atoms with Crippen LogP contribution in [-0.4, -0.2) is 28.8 Å². The molecule has 1 saturated carbocycles. The van der Waals surface area contributed by atoms with E-state index in [0.29, 0.717) is 28.4 Å². The zero-order valence-electron chi connectivity index (χ0n) is 21.2. The lowest BCUT2D eigenvalue weighted by molar-refractivity contribution is 0.394. The summed E-state index contributed by atoms with van der Waals surface area (Å²) in [6, 6.07) is 16.8. The van der Waals surface area contributed by atoms with Gasteiger partial charge in [0, 0.05) is 52.0 Å². The molecule has 2 aromatic heterocycles. The summed E-state index contributed by atoms with van der Waals surface area (Å²) in [5.41, 5.74) is 5.01. The predicted molar refractivity (Wildman–Crippen MR) is 145 cm³/mol. The number of imidazole rings is 1. The first-order chi connectivity index (χ1) is 18.4. The maximum atomic E-state index is 14.1. The summed E-state index contributed by atoms with van der Waals surface area (Å²) in [5, 5.41) is 0. The lowest BCUT2D eigenvalue weighted by Gasteiger charge is -2.14. The van der Waals surface area contributed by atoms with Gasteiger partial charge in [-0.2, -0.15) is 0 Å². The van der Waals surface area contributed by atoms with E-state index in [2.05, 4.69) is 35.1 Å². The molecule has 0 amide bonds. The van der Waals surface area contributed by atoms with Gasteiger partial charge in [0.25, 0.3) is 0 Å². The number of pyridine rings is 1. The van der Waals surface area contributed by atoms with Crippen molar-refractivity contribution in [3.63, 3.8) is 0 Å². The Balaban J connectivity index is 1.41. The summed E-state index contributed by atoms with van der Waals surface area (Å²) in [7, 11) is 3.28. The Morgan fingerprint density at radius 2 is 1.61 bits per heavy atom. The first-order valence-electron chi connectivity index (χ1n) is 12.3. The molecule has 0 unspecified atom stereocenters. The van der Waals surface area contributed by atoms with Crippen LogP contribution in [0, 0.1) is 18.6 Å². The van der Waals surface area contributed by atoms with E-state index in [4.69, 9.17) is 9.47 Å². The second-order valence-electron chi connectivity index (χ2n) is 9.40. The van der Waals surface area contributed by atoms with Gasteiger partial charge in [-0.1, -0.05) is 29.5 Å². The van der Waals surface area contributed by atoms with Gasteiger partial charge in [-0.05, 0) is 55.2 Å². The Kier molecular flexibility index (Phi) is 6.27. The second kappa shape index (κ2) is 9.76. The third kappa shape index (κ3) is 4.60. The number of ether oxygens (including phenoxy) is 2. The van der Waals surface area contributed by atoms with Gasteiger partial charge in [-0.25, -0.2) is 13.8 Å². The van der Waals surface area contributed by atoms with Crippen molar-refractivity contribution < 1.29 is 18.3 Å². The molecule has 0 N–H and O–H groups in total. The first-order valence-corrected chi connectivity index (χ1v) is 13.1. The van der Waals surface area contributed by atoms with Crippen molar-refractivity contribution in [3.8, 4) is 34.0 Å². The molecule has 0 bridgehead atoms. The molecule has 0 radical (unpaired) electrons. The molecule has 1 aliphatic rings. The highest BCUT2D eigenvalue weighted by atomic mass is 32.2. The molecule has 6 rings (SSSR count). The number of rotatable bonds is 7. The molecular weight excluding hydrogens is 504 g/mol. The van der Waals surface area contributed by atoms with Crippen molar-refractivity contribution in [2.45, 2.75) is 35.6 Å². The third-order valence-corrected chi connectivity index (χ3v) is 7.68. The summed E-state index contributed by atoms with van der Waals surface area (Å²) in [4.78, 5) is 11.2. The third-order valence-electron chi connectivity index (χ3n) is 6.64. The van der Waals surface area contributed by atoms with Crippen LogP contribution in [0.5, 0.6) is 11.5 Å². The molecule has 0 spiro atoms. The summed E-state index contributed by atoms with van der Waals surface area (Å²) in [5.74, 6) is 0.339. The van der Waals surface area contributed by atoms with Crippen molar-refractivity contribution in [1.82, 2.24) is 14.5 Å². The molecule has 8 heteroatoms. The lowest BCUT2D eigenvalue weighted by atomic mass is 10.0. The van der Waals surface area contributed by atoms with Crippen LogP contribution in [0.15, 0.2) is 76.8 Å². The standard InChI is InChI=1S/C30H25F2N3O2S/c1-17-4-7-29(24(8-17)18-9-21(36-2)12-22(10-18)37-3)38-23-11-19(15-33-16-23)30-34-27-13-25(31)26(32)14-28(27)35(30)20-5-6-20/h4,7-16,20H,5-6H2,1-3H3. The average molecular weight is 530 g/mol. The SMILES string of the molecule is COc1cc(OC)cc(-c2cc(C)ccc2Sc2cncc(-c3nc4cc(F)c(F)cc4n3C3CC3)c2)c1. The van der Waals surface area contributed by atoms with Crippen LogP contribution in [0.1, 0.15) is 24.4 Å². The van der Waals surface area contributed by atoms with Gasteiger partial charge in [-0.3, -0.25) is 4.98 Å². The van der Waals surface area contributed by atoms with E-state index in [1.165, 1.54) is 12.1 Å². The van der Waals surface area contributed by atoms with Crippen molar-refractivity contribution in [1.29, 1.82) is 0 Å². The number of methoxy groups -OCH3 is 2. The largest absolute Gasteiger partial charge is 0.497 e. The highest BCUT2D eigenvalue weighted by Gasteiger charge is 2.29. The van der Waals surface area contributed by atoms with E-state index in [-0.39, 0.29) is 6.04 Å². The second-order valence-corrected chi connectivity index (χ2v) is 10.5. The Morgan fingerprint density at radius 1 is 0.868 bits per heavy atom. The topological polar surface area (TPSA) is 49.2 Å². The summed E-state index contributed by atoms with van der Waals surface area (Å²) in [6.45, 7) is 2.06. The fourth-order valence-electron chi connectivity index (χ4n) is 4.64. The Labute approximate surface area is 223 Å². The number of hydrogen-bond acceptors (Lipinski definition) is 5. The molecule has 0 saturated heterocycles. The highest BCUT2D eigenvalue weighted by molar-refractivity contribution is 7.99. The molecule has 0 aliphatic heterocycles. The monoisotopic (exact) mass is 529 g/mol. The minimum Gasteiger partial charge on any atom is -0.497 e. The molecule has 38 heavy (non-hydrogen) atoms. The Bertz CT molecular complexity index is 1660. The minimum atomic E-state index is -0.895. The molecular formula is C30H25F2N3O2S. The molecule has 5 nitrogen and oxygen atoms in total. The molecule has 1 aliphatic carbocycles. The van der Waals surface area contributed by atoms with Crippen LogP contribution in [0.3, 0.4) is 0 Å². The maximum Gasteiger partial charge on any atom is 0.161 e. The van der Waals surface area contributed by atoms with Gasteiger partial charge >= 0.3 is 0 Å². The highest BCUT2D eigenvalue weighted by Crippen LogP contribution is 2.43. The smallest absolute Gasteiger partial charge is 0.161 e. The Morgan fingerprint density at radius 3 is 2.32 bits per heavy atom. The number of fused-ring (bicyclic) bond motifs is 1. The van der Waals surface area contributed by atoms with Crippen LogP contribution in [0.4, 0.5) is 8.78 Å². The number of benzene rings is 3. The van der Waals surface area contributed by atoms with Gasteiger partial charge in [-0.15, -0.1) is 0 Å². The quantitative estimate of drug-likeness (QED) is 0.215. The summed E-state index contributed by atoms with van der Waals surface area (Å²) < 4.78 is 41.1. The van der Waals surface area contributed by atoms with Crippen LogP contribution in [-0.2, 0) is 0 Å². The van der Waals surface area contributed by atoms with Gasteiger partial charge in [0.1, 0.15) is 17.3 Å². The van der Waals surface area contributed by atoms with Crippen molar-refractivity contribution in [2.75, 3.05) is 14.2 Å². The summed E-state index contributed by atoms with van der Waals surface area (Å²) >= 11 is 1.59. The fourth-order valence-corrected chi connectivity index (χ4v) is 5.62. The molecule has 1 fully saturated rings. The van der Waals surface area contributed by atoms with Gasteiger partial charge in [0.05, 0.1) is 25.3 Å². The van der Waals surface area contributed by atoms with Gasteiger partial charge in [0.2, 0.25) is 0 Å². The number of aromatic nitrogens is 3. The van der Waals surface area contributed by atoms with Crippen molar-refractivity contribution in [2.24, 2.45) is 0 Å². The number of halogens is 2. The normalized spacial score (nSPS) is 13.2. The maximum absolute atomic E-state index is 14.1. The van der Waals surface area contributed by atoms with E-state index >= 15 is 0 Å². The van der Waals surface area contributed by atoms with Gasteiger partial charge < -0.3 is 14.0 Å². The zero-order chi connectivity index (χ0) is 26.4. The minimum absolute atomic E-state index is 0.225. The fraction of sp³-hybridized carbons (Fsp3) is 0.200. The van der Waals surface area contributed by atoms with Crippen LogP contribution in [0.2, 0.25) is 0 Å². The van der Waals surface area contributed by atoms with Crippen molar-refractivity contribution in [3.05, 3.63) is 84.2 Å². The van der Waals surface area contributed by atoms with Crippen LogP contribution in [0.25, 0.3) is 33.5 Å². The number of nitrogens with zero attached hydrogens (tertiary/aromatic N) is 3. The molecule has 2 heterocycles. The van der Waals surface area contributed by atoms with E-state index < -0.39 is 11.6 Å². The molecule has 192 valence electrons. The van der Waals surface area contributed by atoms with E-state index in [1.807, 2.05) is 35.0 Å². The average Bonchev–Trinajstić information content (AvgIpc) is 3.70. The molecule has 0 atom stereocenters.